The Morgan fingerprint density at radius 3 is 2.35 bits per heavy atom. The number of aliphatic hydroxyl groups is 1. The summed E-state index contributed by atoms with van der Waals surface area (Å²) in [7, 11) is 1.70. The Bertz CT molecular complexity index is 428. The van der Waals surface area contributed by atoms with Crippen LogP contribution in [0.4, 0.5) is 5.69 Å². The number of benzene rings is 1. The molecule has 23 heavy (non-hydrogen) atoms. The fourth-order valence-electron chi connectivity index (χ4n) is 3.18. The Morgan fingerprint density at radius 1 is 1.04 bits per heavy atom. The minimum Gasteiger partial charge on any atom is -0.497 e. The van der Waals surface area contributed by atoms with E-state index < -0.39 is 0 Å². The second kappa shape index (κ2) is 9.78. The third-order valence-corrected chi connectivity index (χ3v) is 4.67. The summed E-state index contributed by atoms with van der Waals surface area (Å²) in [5.74, 6) is 0.901. The monoisotopic (exact) mass is 320 g/mol. The van der Waals surface area contributed by atoms with Gasteiger partial charge in [0.25, 0.3) is 0 Å². The summed E-state index contributed by atoms with van der Waals surface area (Å²) in [6, 6.07) is 8.28. The van der Waals surface area contributed by atoms with E-state index in [4.69, 9.17) is 4.74 Å². The molecule has 2 rings (SSSR count). The molecule has 4 nitrogen and oxygen atoms in total. The number of methoxy groups -OCH3 is 1. The molecule has 0 radical (unpaired) electrons. The van der Waals surface area contributed by atoms with E-state index >= 15 is 0 Å². The van der Waals surface area contributed by atoms with E-state index in [1.165, 1.54) is 24.9 Å². The smallest absolute Gasteiger partial charge is 0.119 e. The SMILES string of the molecule is CCCCCCC(O)CN1CCN(c2ccc(OC)cc2)CC1. The van der Waals surface area contributed by atoms with E-state index in [0.29, 0.717) is 0 Å². The molecule has 130 valence electrons. The first-order valence-electron chi connectivity index (χ1n) is 9.02. The molecule has 1 unspecified atom stereocenters. The van der Waals surface area contributed by atoms with Crippen molar-refractivity contribution >= 4 is 5.69 Å². The molecule has 1 saturated heterocycles. The highest BCUT2D eigenvalue weighted by atomic mass is 16.5. The maximum Gasteiger partial charge on any atom is 0.119 e. The van der Waals surface area contributed by atoms with Crippen molar-refractivity contribution in [1.82, 2.24) is 4.90 Å². The molecule has 4 heteroatoms. The first kappa shape index (κ1) is 18.1. The average Bonchev–Trinajstić information content (AvgIpc) is 2.59. The van der Waals surface area contributed by atoms with Crippen LogP contribution in [0, 0.1) is 0 Å². The Labute approximate surface area is 141 Å². The number of rotatable bonds is 9. The lowest BCUT2D eigenvalue weighted by Crippen LogP contribution is -2.48. The molecule has 1 N–H and O–H groups in total. The van der Waals surface area contributed by atoms with Gasteiger partial charge in [-0.2, -0.15) is 0 Å². The van der Waals surface area contributed by atoms with Gasteiger partial charge in [0.15, 0.2) is 0 Å². The molecule has 1 fully saturated rings. The largest absolute Gasteiger partial charge is 0.497 e. The molecule has 1 atom stereocenters. The molecule has 0 aliphatic carbocycles. The van der Waals surface area contributed by atoms with Gasteiger partial charge < -0.3 is 14.7 Å². The van der Waals surface area contributed by atoms with Crippen molar-refractivity contribution in [3.63, 3.8) is 0 Å². The van der Waals surface area contributed by atoms with Gasteiger partial charge in [-0.25, -0.2) is 0 Å². The second-order valence-electron chi connectivity index (χ2n) is 6.49. The van der Waals surface area contributed by atoms with E-state index in [1.807, 2.05) is 12.1 Å². The third-order valence-electron chi connectivity index (χ3n) is 4.67. The Hall–Kier alpha value is -1.26. The van der Waals surface area contributed by atoms with Crippen molar-refractivity contribution in [1.29, 1.82) is 0 Å². The van der Waals surface area contributed by atoms with E-state index in [-0.39, 0.29) is 6.10 Å². The van der Waals surface area contributed by atoms with Crippen LogP contribution in [-0.4, -0.2) is 55.9 Å². The first-order valence-corrected chi connectivity index (χ1v) is 9.02. The molecular formula is C19H32N2O2. The molecule has 1 aromatic carbocycles. The molecule has 0 amide bonds. The van der Waals surface area contributed by atoms with Crippen molar-refractivity contribution in [3.8, 4) is 5.75 Å². The van der Waals surface area contributed by atoms with Gasteiger partial charge in [0.2, 0.25) is 0 Å². The highest BCUT2D eigenvalue weighted by Gasteiger charge is 2.19. The number of anilines is 1. The number of β-amino-alcohol motifs (C(OH)–C–C–N with tert-alkyl or cyclic N) is 1. The van der Waals surface area contributed by atoms with Crippen LogP contribution in [0.1, 0.15) is 39.0 Å². The number of ether oxygens (including phenoxy) is 1. The lowest BCUT2D eigenvalue weighted by molar-refractivity contribution is 0.0997. The fourth-order valence-corrected chi connectivity index (χ4v) is 3.18. The molecule has 1 aliphatic heterocycles. The minimum absolute atomic E-state index is 0.167. The summed E-state index contributed by atoms with van der Waals surface area (Å²) >= 11 is 0. The number of nitrogens with zero attached hydrogens (tertiary/aromatic N) is 2. The molecule has 0 aromatic heterocycles. The number of piperazine rings is 1. The van der Waals surface area contributed by atoms with E-state index in [1.54, 1.807) is 7.11 Å². The minimum atomic E-state index is -0.167. The van der Waals surface area contributed by atoms with E-state index in [0.717, 1.165) is 51.3 Å². The van der Waals surface area contributed by atoms with Gasteiger partial charge in [-0.1, -0.05) is 32.6 Å². The lowest BCUT2D eigenvalue weighted by Gasteiger charge is -2.37. The Morgan fingerprint density at radius 2 is 1.74 bits per heavy atom. The van der Waals surface area contributed by atoms with Crippen LogP contribution in [0.3, 0.4) is 0 Å². The topological polar surface area (TPSA) is 35.9 Å². The zero-order valence-electron chi connectivity index (χ0n) is 14.7. The van der Waals surface area contributed by atoms with Crippen molar-refractivity contribution in [3.05, 3.63) is 24.3 Å². The zero-order chi connectivity index (χ0) is 16.5. The average molecular weight is 320 g/mol. The first-order chi connectivity index (χ1) is 11.2. The van der Waals surface area contributed by atoms with Gasteiger partial charge >= 0.3 is 0 Å². The number of unbranched alkanes of at least 4 members (excludes halogenated alkanes) is 3. The Kier molecular flexibility index (Phi) is 7.69. The molecule has 1 heterocycles. The van der Waals surface area contributed by atoms with Gasteiger partial charge in [-0.15, -0.1) is 0 Å². The summed E-state index contributed by atoms with van der Waals surface area (Å²) in [6.07, 6.45) is 5.72. The highest BCUT2D eigenvalue weighted by molar-refractivity contribution is 5.49. The van der Waals surface area contributed by atoms with Gasteiger partial charge in [0.05, 0.1) is 13.2 Å². The van der Waals surface area contributed by atoms with Crippen LogP contribution in [0.15, 0.2) is 24.3 Å². The van der Waals surface area contributed by atoms with Crippen LogP contribution >= 0.6 is 0 Å². The molecular weight excluding hydrogens is 288 g/mol. The van der Waals surface area contributed by atoms with Gasteiger partial charge in [-0.3, -0.25) is 4.90 Å². The van der Waals surface area contributed by atoms with Gasteiger partial charge in [0.1, 0.15) is 5.75 Å². The van der Waals surface area contributed by atoms with Crippen LogP contribution in [0.5, 0.6) is 5.75 Å². The van der Waals surface area contributed by atoms with Crippen LogP contribution < -0.4 is 9.64 Å². The maximum atomic E-state index is 10.2. The highest BCUT2D eigenvalue weighted by Crippen LogP contribution is 2.20. The molecule has 0 saturated carbocycles. The summed E-state index contributed by atoms with van der Waals surface area (Å²) in [4.78, 5) is 4.80. The number of hydrogen-bond donors (Lipinski definition) is 1. The normalized spacial score (nSPS) is 17.3. The Balaban J connectivity index is 1.68. The fraction of sp³-hybridized carbons (Fsp3) is 0.684. The predicted octanol–water partition coefficient (Wildman–Crippen LogP) is 3.15. The molecule has 1 aliphatic rings. The van der Waals surface area contributed by atoms with Crippen molar-refractivity contribution in [2.24, 2.45) is 0 Å². The summed E-state index contributed by atoms with van der Waals surface area (Å²) in [5, 5.41) is 10.2. The van der Waals surface area contributed by atoms with Crippen molar-refractivity contribution < 1.29 is 9.84 Å². The molecule has 0 bridgehead atoms. The van der Waals surface area contributed by atoms with Crippen LogP contribution in [0.25, 0.3) is 0 Å². The standard InChI is InChI=1S/C19H32N2O2/c1-3-4-5-6-7-18(22)16-20-12-14-21(15-13-20)17-8-10-19(23-2)11-9-17/h8-11,18,22H,3-7,12-16H2,1-2H3. The van der Waals surface area contributed by atoms with Crippen LogP contribution in [0.2, 0.25) is 0 Å². The van der Waals surface area contributed by atoms with Crippen molar-refractivity contribution in [2.75, 3.05) is 44.7 Å². The summed E-state index contributed by atoms with van der Waals surface area (Å²) < 4.78 is 5.21. The summed E-state index contributed by atoms with van der Waals surface area (Å²) in [5.41, 5.74) is 1.26. The number of aliphatic hydroxyl groups excluding tert-OH is 1. The second-order valence-corrected chi connectivity index (χ2v) is 6.49. The predicted molar refractivity (Wildman–Crippen MR) is 96.4 cm³/mol. The van der Waals surface area contributed by atoms with Crippen LogP contribution in [-0.2, 0) is 0 Å². The third kappa shape index (κ3) is 6.04. The van der Waals surface area contributed by atoms with Crippen molar-refractivity contribution in [2.45, 2.75) is 45.1 Å². The molecule has 0 spiro atoms. The van der Waals surface area contributed by atoms with E-state index in [9.17, 15) is 5.11 Å². The quantitative estimate of drug-likeness (QED) is 0.709. The van der Waals surface area contributed by atoms with E-state index in [2.05, 4.69) is 28.9 Å². The summed E-state index contributed by atoms with van der Waals surface area (Å²) in [6.45, 7) is 7.14. The number of hydrogen-bond acceptors (Lipinski definition) is 4. The zero-order valence-corrected chi connectivity index (χ0v) is 14.7. The van der Waals surface area contributed by atoms with Gasteiger partial charge in [-0.05, 0) is 30.7 Å². The maximum absolute atomic E-state index is 10.2. The lowest BCUT2D eigenvalue weighted by atomic mass is 10.1. The van der Waals surface area contributed by atoms with Gasteiger partial charge in [0, 0.05) is 38.4 Å². The molecule has 1 aromatic rings.